The van der Waals surface area contributed by atoms with Crippen LogP contribution in [0.25, 0.3) is 11.3 Å². The Balaban J connectivity index is 2.08. The van der Waals surface area contributed by atoms with E-state index < -0.39 is 46.2 Å². The highest BCUT2D eigenvalue weighted by atomic mass is 32.2. The summed E-state index contributed by atoms with van der Waals surface area (Å²) < 4.78 is 65.4. The standard InChI is InChI=1S/C18H18F3N5O3S/c1-2-30(28,29)25-17(27)14-15(22)24-16(26-9-7-18(20,21)8-10-26)13(23-14)11-3-5-12(19)6-4-11/h2-6H,1,7-10H2,(H2,22,24)(H,25,27). The van der Waals surface area contributed by atoms with E-state index in [1.807, 2.05) is 0 Å². The molecule has 3 rings (SSSR count). The summed E-state index contributed by atoms with van der Waals surface area (Å²) in [6.45, 7) is 3.02. The maximum Gasteiger partial charge on any atom is 0.287 e. The highest BCUT2D eigenvalue weighted by Gasteiger charge is 2.36. The van der Waals surface area contributed by atoms with Crippen LogP contribution in [0.3, 0.4) is 0 Å². The zero-order valence-corrected chi connectivity index (χ0v) is 16.4. The third kappa shape index (κ3) is 4.70. The normalized spacial score (nSPS) is 16.2. The molecule has 30 heavy (non-hydrogen) atoms. The van der Waals surface area contributed by atoms with Crippen LogP contribution in [0.2, 0.25) is 0 Å². The summed E-state index contributed by atoms with van der Waals surface area (Å²) in [7, 11) is -4.11. The minimum Gasteiger partial charge on any atom is -0.382 e. The minimum absolute atomic E-state index is 0.0360. The number of halogens is 3. The monoisotopic (exact) mass is 441 g/mol. The first-order valence-electron chi connectivity index (χ1n) is 8.77. The molecule has 0 atom stereocenters. The first kappa shape index (κ1) is 21.6. The number of nitrogens with one attached hydrogen (secondary N) is 1. The molecular formula is C18H18F3N5O3S. The van der Waals surface area contributed by atoms with Crippen LogP contribution in [-0.2, 0) is 10.0 Å². The van der Waals surface area contributed by atoms with Crippen molar-refractivity contribution in [2.24, 2.45) is 0 Å². The lowest BCUT2D eigenvalue weighted by Gasteiger charge is -2.33. The van der Waals surface area contributed by atoms with E-state index in [1.54, 1.807) is 9.62 Å². The average Bonchev–Trinajstić information content (AvgIpc) is 2.68. The molecule has 1 aromatic heterocycles. The maximum absolute atomic E-state index is 13.6. The predicted molar refractivity (Wildman–Crippen MR) is 105 cm³/mol. The van der Waals surface area contributed by atoms with Gasteiger partial charge in [0.25, 0.3) is 21.9 Å². The van der Waals surface area contributed by atoms with E-state index in [2.05, 4.69) is 16.5 Å². The van der Waals surface area contributed by atoms with E-state index >= 15 is 0 Å². The SMILES string of the molecule is C=CS(=O)(=O)NC(=O)c1nc(-c2ccc(F)cc2)c(N2CCC(F)(F)CC2)nc1N. The van der Waals surface area contributed by atoms with Crippen LogP contribution in [-0.4, -0.2) is 43.3 Å². The van der Waals surface area contributed by atoms with Gasteiger partial charge in [-0.2, -0.15) is 0 Å². The number of nitrogens with two attached hydrogens (primary N) is 1. The van der Waals surface area contributed by atoms with Gasteiger partial charge in [0.05, 0.1) is 0 Å². The van der Waals surface area contributed by atoms with Crippen molar-refractivity contribution in [3.8, 4) is 11.3 Å². The number of piperidine rings is 1. The fourth-order valence-corrected chi connectivity index (χ4v) is 3.33. The van der Waals surface area contributed by atoms with Crippen LogP contribution in [0.5, 0.6) is 0 Å². The molecule has 0 radical (unpaired) electrons. The van der Waals surface area contributed by atoms with E-state index in [-0.39, 0.29) is 30.4 Å². The molecule has 2 aromatic rings. The van der Waals surface area contributed by atoms with Gasteiger partial charge in [-0.15, -0.1) is 0 Å². The van der Waals surface area contributed by atoms with Crippen molar-refractivity contribution in [1.82, 2.24) is 14.7 Å². The van der Waals surface area contributed by atoms with Crippen molar-refractivity contribution in [3.63, 3.8) is 0 Å². The second kappa shape index (κ2) is 7.94. The Morgan fingerprint density at radius 3 is 2.37 bits per heavy atom. The molecule has 12 heteroatoms. The third-order valence-electron chi connectivity index (χ3n) is 4.49. The van der Waals surface area contributed by atoms with Crippen LogP contribution >= 0.6 is 0 Å². The Labute approximate surface area is 170 Å². The lowest BCUT2D eigenvalue weighted by molar-refractivity contribution is -0.0221. The molecule has 1 saturated heterocycles. The summed E-state index contributed by atoms with van der Waals surface area (Å²) in [6, 6.07) is 5.06. The summed E-state index contributed by atoms with van der Waals surface area (Å²) in [4.78, 5) is 22.2. The third-order valence-corrected chi connectivity index (χ3v) is 5.39. The van der Waals surface area contributed by atoms with Crippen LogP contribution in [0.4, 0.5) is 24.8 Å². The molecule has 0 unspecified atom stereocenters. The maximum atomic E-state index is 13.6. The van der Waals surface area contributed by atoms with E-state index in [0.717, 1.165) is 12.1 Å². The van der Waals surface area contributed by atoms with E-state index in [1.165, 1.54) is 12.1 Å². The zero-order chi connectivity index (χ0) is 22.1. The molecule has 0 saturated carbocycles. The Hall–Kier alpha value is -3.15. The molecule has 2 heterocycles. The summed E-state index contributed by atoms with van der Waals surface area (Å²) in [5.41, 5.74) is 5.77. The molecule has 1 aliphatic rings. The Morgan fingerprint density at radius 2 is 1.80 bits per heavy atom. The van der Waals surface area contributed by atoms with Crippen LogP contribution in [0.1, 0.15) is 23.3 Å². The summed E-state index contributed by atoms with van der Waals surface area (Å²) in [5, 5.41) is 0.539. The number of aromatic nitrogens is 2. The summed E-state index contributed by atoms with van der Waals surface area (Å²) in [6.07, 6.45) is -0.811. The number of amides is 1. The summed E-state index contributed by atoms with van der Waals surface area (Å²) in [5.74, 6) is -4.70. The number of hydrogen-bond donors (Lipinski definition) is 2. The number of alkyl halides is 2. The largest absolute Gasteiger partial charge is 0.382 e. The van der Waals surface area contributed by atoms with Gasteiger partial charge in [-0.1, -0.05) is 6.58 Å². The Morgan fingerprint density at radius 1 is 1.20 bits per heavy atom. The van der Waals surface area contributed by atoms with Gasteiger partial charge in [0.2, 0.25) is 0 Å². The first-order valence-corrected chi connectivity index (χ1v) is 10.3. The van der Waals surface area contributed by atoms with Crippen molar-refractivity contribution < 1.29 is 26.4 Å². The number of hydrogen-bond acceptors (Lipinski definition) is 7. The van der Waals surface area contributed by atoms with E-state index in [0.29, 0.717) is 11.0 Å². The fraction of sp³-hybridized carbons (Fsp3) is 0.278. The number of benzene rings is 1. The Bertz CT molecular complexity index is 1080. The molecule has 1 fully saturated rings. The molecule has 0 bridgehead atoms. The predicted octanol–water partition coefficient (Wildman–Crippen LogP) is 2.30. The lowest BCUT2D eigenvalue weighted by Crippen LogP contribution is -2.40. The molecule has 1 aromatic carbocycles. The zero-order valence-electron chi connectivity index (χ0n) is 15.6. The lowest BCUT2D eigenvalue weighted by atomic mass is 10.1. The summed E-state index contributed by atoms with van der Waals surface area (Å²) >= 11 is 0. The average molecular weight is 441 g/mol. The van der Waals surface area contributed by atoms with Gasteiger partial charge in [0.1, 0.15) is 11.5 Å². The first-order chi connectivity index (χ1) is 14.0. The van der Waals surface area contributed by atoms with Gasteiger partial charge in [-0.05, 0) is 24.3 Å². The molecule has 1 amide bonds. The second-order valence-electron chi connectivity index (χ2n) is 6.62. The molecular weight excluding hydrogens is 423 g/mol. The van der Waals surface area contributed by atoms with Crippen molar-refractivity contribution in [2.75, 3.05) is 23.7 Å². The smallest absolute Gasteiger partial charge is 0.287 e. The molecule has 1 aliphatic heterocycles. The molecule has 3 N–H and O–H groups in total. The number of nitrogen functional groups attached to an aromatic ring is 1. The molecule has 0 spiro atoms. The van der Waals surface area contributed by atoms with Gasteiger partial charge >= 0.3 is 0 Å². The van der Waals surface area contributed by atoms with Crippen molar-refractivity contribution in [1.29, 1.82) is 0 Å². The molecule has 0 aliphatic carbocycles. The number of nitrogens with zero attached hydrogens (tertiary/aromatic N) is 3. The van der Waals surface area contributed by atoms with E-state index in [4.69, 9.17) is 5.73 Å². The van der Waals surface area contributed by atoms with Crippen LogP contribution in [0.15, 0.2) is 36.3 Å². The molecule has 160 valence electrons. The highest BCUT2D eigenvalue weighted by molar-refractivity contribution is 7.92. The Kier molecular flexibility index (Phi) is 5.70. The number of anilines is 2. The minimum atomic E-state index is -4.11. The number of rotatable bonds is 5. The van der Waals surface area contributed by atoms with Crippen LogP contribution < -0.4 is 15.4 Å². The quantitative estimate of drug-likeness (QED) is 0.731. The van der Waals surface area contributed by atoms with Gasteiger partial charge in [0.15, 0.2) is 17.3 Å². The van der Waals surface area contributed by atoms with Gasteiger partial charge in [0, 0.05) is 36.9 Å². The fourth-order valence-electron chi connectivity index (χ4n) is 2.89. The topological polar surface area (TPSA) is 118 Å². The molecule has 8 nitrogen and oxygen atoms in total. The van der Waals surface area contributed by atoms with Crippen molar-refractivity contribution in [2.45, 2.75) is 18.8 Å². The van der Waals surface area contributed by atoms with Crippen molar-refractivity contribution >= 4 is 27.6 Å². The highest BCUT2D eigenvalue weighted by Crippen LogP contribution is 2.35. The van der Waals surface area contributed by atoms with Crippen molar-refractivity contribution in [3.05, 3.63) is 47.8 Å². The number of carbonyl (C=O) groups is 1. The van der Waals surface area contributed by atoms with Gasteiger partial charge in [-0.25, -0.2) is 36.3 Å². The van der Waals surface area contributed by atoms with Gasteiger partial charge in [-0.3, -0.25) is 4.79 Å². The van der Waals surface area contributed by atoms with E-state index in [9.17, 15) is 26.4 Å². The van der Waals surface area contributed by atoms with Crippen LogP contribution in [0, 0.1) is 5.82 Å². The van der Waals surface area contributed by atoms with Gasteiger partial charge < -0.3 is 10.6 Å². The second-order valence-corrected chi connectivity index (χ2v) is 8.25. The number of carbonyl (C=O) groups excluding carboxylic acids is 1. The number of sulfonamides is 1.